The van der Waals surface area contributed by atoms with E-state index < -0.39 is 42.9 Å². The molecule has 31 heavy (non-hydrogen) atoms. The van der Waals surface area contributed by atoms with Gasteiger partial charge in [-0.15, -0.1) is 0 Å². The molecule has 0 amide bonds. The Morgan fingerprint density at radius 2 is 1.74 bits per heavy atom. The predicted molar refractivity (Wildman–Crippen MR) is 107 cm³/mol. The molecule has 0 saturated carbocycles. The minimum absolute atomic E-state index is 0.0130. The third-order valence-electron chi connectivity index (χ3n) is 5.38. The van der Waals surface area contributed by atoms with Gasteiger partial charge in [0, 0.05) is 22.9 Å². The molecule has 166 valence electrons. The van der Waals surface area contributed by atoms with Gasteiger partial charge in [-0.05, 0) is 24.6 Å². The predicted octanol–water partition coefficient (Wildman–Crippen LogP) is 0.148. The molecule has 5 atom stereocenters. The van der Waals surface area contributed by atoms with E-state index in [-0.39, 0.29) is 22.5 Å². The fraction of sp³-hybridized carbons (Fsp3) is 0.381. The first-order valence-electron chi connectivity index (χ1n) is 9.50. The van der Waals surface area contributed by atoms with Gasteiger partial charge in [0.2, 0.25) is 6.29 Å². The molecule has 0 aliphatic carbocycles. The Morgan fingerprint density at radius 1 is 1.00 bits per heavy atom. The molecule has 0 unspecified atom stereocenters. The van der Waals surface area contributed by atoms with Gasteiger partial charge in [0.15, 0.2) is 0 Å². The molecule has 2 heterocycles. The quantitative estimate of drug-likeness (QED) is 0.282. The molecular weight excluding hydrogens is 412 g/mol. The Kier molecular flexibility index (Phi) is 5.50. The zero-order valence-electron chi connectivity index (χ0n) is 16.7. The summed E-state index contributed by atoms with van der Waals surface area (Å²) in [5.74, 6) is 0.243. The minimum Gasteiger partial charge on any atom is -0.507 e. The van der Waals surface area contributed by atoms with Crippen LogP contribution >= 0.6 is 0 Å². The van der Waals surface area contributed by atoms with Gasteiger partial charge in [0.25, 0.3) is 0 Å². The van der Waals surface area contributed by atoms with E-state index in [4.69, 9.17) is 18.6 Å². The van der Waals surface area contributed by atoms with Crippen LogP contribution in [0.25, 0.3) is 21.7 Å². The summed E-state index contributed by atoms with van der Waals surface area (Å²) in [4.78, 5) is 12.5. The summed E-state index contributed by atoms with van der Waals surface area (Å²) in [6.45, 7) is 1.15. The van der Waals surface area contributed by atoms with E-state index >= 15 is 0 Å². The maximum atomic E-state index is 12.5. The molecule has 5 N–H and O–H groups in total. The van der Waals surface area contributed by atoms with Crippen molar-refractivity contribution in [2.45, 2.75) is 37.6 Å². The number of hydrogen-bond donors (Lipinski definition) is 5. The van der Waals surface area contributed by atoms with Crippen molar-refractivity contribution in [2.24, 2.45) is 0 Å². The summed E-state index contributed by atoms with van der Waals surface area (Å²) >= 11 is 0. The lowest BCUT2D eigenvalue weighted by molar-refractivity contribution is -0.277. The van der Waals surface area contributed by atoms with Crippen LogP contribution in [0.3, 0.4) is 0 Å². The normalized spacial score (nSPS) is 26.3. The third-order valence-corrected chi connectivity index (χ3v) is 5.38. The monoisotopic (exact) mass is 434 g/mol. The average molecular weight is 434 g/mol. The Bertz CT molecular complexity index is 1180. The molecule has 10 heteroatoms. The number of aryl methyl sites for hydroxylation is 1. The maximum Gasteiger partial charge on any atom is 0.347 e. The van der Waals surface area contributed by atoms with Crippen LogP contribution in [0.4, 0.5) is 0 Å². The number of aromatic hydroxyl groups is 1. The van der Waals surface area contributed by atoms with E-state index in [2.05, 4.69) is 0 Å². The summed E-state index contributed by atoms with van der Waals surface area (Å²) < 4.78 is 21.5. The molecule has 1 saturated heterocycles. The van der Waals surface area contributed by atoms with Gasteiger partial charge in [-0.3, -0.25) is 0 Å². The number of aliphatic hydroxyl groups is 4. The topological polar surface area (TPSA) is 159 Å². The first kappa shape index (κ1) is 21.3. The van der Waals surface area contributed by atoms with Crippen LogP contribution < -0.4 is 15.1 Å². The van der Waals surface area contributed by atoms with Crippen LogP contribution in [0, 0.1) is 6.92 Å². The van der Waals surface area contributed by atoms with Gasteiger partial charge >= 0.3 is 5.63 Å². The summed E-state index contributed by atoms with van der Waals surface area (Å²) in [6.07, 6.45) is -7.19. The van der Waals surface area contributed by atoms with Gasteiger partial charge in [-0.1, -0.05) is 0 Å². The van der Waals surface area contributed by atoms with Gasteiger partial charge < -0.3 is 44.2 Å². The van der Waals surface area contributed by atoms with Crippen LogP contribution in [0.15, 0.2) is 33.5 Å². The van der Waals surface area contributed by atoms with Crippen molar-refractivity contribution < 1.29 is 44.2 Å². The Balaban J connectivity index is 1.79. The second kappa shape index (κ2) is 7.98. The number of phenolic OH excluding ortho intramolecular Hbond substituents is 1. The Hall–Kier alpha value is -2.89. The molecule has 1 fully saturated rings. The minimum atomic E-state index is -1.59. The van der Waals surface area contributed by atoms with Crippen molar-refractivity contribution in [3.05, 3.63) is 40.2 Å². The van der Waals surface area contributed by atoms with E-state index in [1.807, 2.05) is 0 Å². The van der Waals surface area contributed by atoms with Crippen LogP contribution in [0.5, 0.6) is 17.2 Å². The number of rotatable bonds is 4. The summed E-state index contributed by atoms with van der Waals surface area (Å²) in [7, 11) is 1.44. The van der Waals surface area contributed by atoms with Gasteiger partial charge in [-0.25, -0.2) is 4.79 Å². The highest BCUT2D eigenvalue weighted by atomic mass is 16.7. The molecule has 0 spiro atoms. The smallest absolute Gasteiger partial charge is 0.347 e. The number of phenols is 1. The maximum absolute atomic E-state index is 12.5. The Labute approximate surface area is 175 Å². The number of aliphatic hydroxyl groups excluding tert-OH is 4. The fourth-order valence-corrected chi connectivity index (χ4v) is 3.80. The van der Waals surface area contributed by atoms with E-state index in [1.165, 1.54) is 19.2 Å². The zero-order chi connectivity index (χ0) is 22.4. The standard InChI is InChI=1S/C21H22O10/c1-8-3-10(29-21-19(26)18(25)17(24)14(7-22)31-21)6-13-15(8)11-4-9(28-2)5-12(23)16(11)20(27)30-13/h3-6,14,17-19,21-26H,7H2,1-2H3/t14-,17-,18+,19-,21-/m0/s1. The van der Waals surface area contributed by atoms with Crippen molar-refractivity contribution in [1.29, 1.82) is 0 Å². The van der Waals surface area contributed by atoms with Crippen molar-refractivity contribution in [3.8, 4) is 17.2 Å². The largest absolute Gasteiger partial charge is 0.507 e. The molecule has 0 bridgehead atoms. The molecule has 10 nitrogen and oxygen atoms in total. The van der Waals surface area contributed by atoms with E-state index in [9.17, 15) is 30.3 Å². The number of benzene rings is 2. The molecule has 3 aromatic rings. The van der Waals surface area contributed by atoms with Crippen molar-refractivity contribution in [1.82, 2.24) is 0 Å². The number of fused-ring (bicyclic) bond motifs is 3. The molecule has 4 rings (SSSR count). The van der Waals surface area contributed by atoms with Crippen molar-refractivity contribution in [3.63, 3.8) is 0 Å². The first-order chi connectivity index (χ1) is 14.7. The highest BCUT2D eigenvalue weighted by Crippen LogP contribution is 2.36. The third kappa shape index (κ3) is 3.58. The van der Waals surface area contributed by atoms with Crippen LogP contribution in [0.1, 0.15) is 5.56 Å². The van der Waals surface area contributed by atoms with Crippen LogP contribution in [0.2, 0.25) is 0 Å². The molecule has 1 aliphatic rings. The molecule has 1 aliphatic heterocycles. The SMILES string of the molecule is COc1cc(O)c2c(=O)oc3cc(O[C@H]4O[C@@H](CO)[C@H](O)[C@@H](O)[C@@H]4O)cc(C)c3c2c1. The highest BCUT2D eigenvalue weighted by Gasteiger charge is 2.44. The van der Waals surface area contributed by atoms with E-state index in [1.54, 1.807) is 19.1 Å². The fourth-order valence-electron chi connectivity index (χ4n) is 3.80. The lowest BCUT2D eigenvalue weighted by atomic mass is 9.99. The van der Waals surface area contributed by atoms with E-state index in [0.29, 0.717) is 22.1 Å². The molecule has 2 aromatic carbocycles. The van der Waals surface area contributed by atoms with Crippen LogP contribution in [-0.4, -0.2) is 70.0 Å². The van der Waals surface area contributed by atoms with Crippen molar-refractivity contribution in [2.75, 3.05) is 13.7 Å². The zero-order valence-corrected chi connectivity index (χ0v) is 16.7. The average Bonchev–Trinajstić information content (AvgIpc) is 2.73. The number of methoxy groups -OCH3 is 1. The summed E-state index contributed by atoms with van der Waals surface area (Å²) in [6, 6.07) is 5.93. The Morgan fingerprint density at radius 3 is 2.42 bits per heavy atom. The second-order valence-electron chi connectivity index (χ2n) is 7.39. The van der Waals surface area contributed by atoms with Gasteiger partial charge in [0.1, 0.15) is 52.6 Å². The highest BCUT2D eigenvalue weighted by molar-refractivity contribution is 6.08. The lowest BCUT2D eigenvalue weighted by Gasteiger charge is -2.39. The number of ether oxygens (including phenoxy) is 3. The summed E-state index contributed by atoms with van der Waals surface area (Å²) in [5, 5.41) is 50.6. The lowest BCUT2D eigenvalue weighted by Crippen LogP contribution is -2.60. The molecular formula is C21H22O10. The summed E-state index contributed by atoms with van der Waals surface area (Å²) in [5.41, 5.74) is 0.0234. The molecule has 0 radical (unpaired) electrons. The van der Waals surface area contributed by atoms with Crippen LogP contribution in [-0.2, 0) is 4.74 Å². The van der Waals surface area contributed by atoms with Gasteiger partial charge in [-0.2, -0.15) is 0 Å². The van der Waals surface area contributed by atoms with Gasteiger partial charge in [0.05, 0.1) is 13.7 Å². The second-order valence-corrected chi connectivity index (χ2v) is 7.39. The molecule has 1 aromatic heterocycles. The first-order valence-corrected chi connectivity index (χ1v) is 9.50. The number of hydrogen-bond acceptors (Lipinski definition) is 10. The van der Waals surface area contributed by atoms with Crippen molar-refractivity contribution >= 4 is 21.7 Å². The van der Waals surface area contributed by atoms with E-state index in [0.717, 1.165) is 0 Å².